The van der Waals surface area contributed by atoms with Crippen LogP contribution in [0, 0.1) is 0 Å². The molecule has 0 heterocycles. The minimum Gasteiger partial charge on any atom is -0.399 e. The first-order valence-corrected chi connectivity index (χ1v) is 6.16. The molecule has 0 amide bonds. The highest BCUT2D eigenvalue weighted by Gasteiger charge is 2.35. The fourth-order valence-electron chi connectivity index (χ4n) is 2.43. The number of nitrogens with two attached hydrogens (primary N) is 1. The van der Waals surface area contributed by atoms with Crippen LogP contribution < -0.4 is 11.1 Å². The van der Waals surface area contributed by atoms with Gasteiger partial charge in [-0.25, -0.2) is 0 Å². The lowest BCUT2D eigenvalue weighted by Gasteiger charge is -2.19. The molecule has 1 aromatic carbocycles. The Morgan fingerprint density at radius 1 is 1.32 bits per heavy atom. The summed E-state index contributed by atoms with van der Waals surface area (Å²) in [5, 5.41) is 2.95. The topological polar surface area (TPSA) is 47.3 Å². The number of anilines is 2. The zero-order chi connectivity index (χ0) is 14.0. The number of alkyl halides is 3. The Morgan fingerprint density at radius 3 is 2.63 bits per heavy atom. The van der Waals surface area contributed by atoms with Crippen molar-refractivity contribution >= 4 is 11.4 Å². The molecule has 0 aliphatic heterocycles. The van der Waals surface area contributed by atoms with Crippen molar-refractivity contribution in [3.63, 3.8) is 0 Å². The molecule has 6 heteroatoms. The summed E-state index contributed by atoms with van der Waals surface area (Å²) in [4.78, 5) is 0. The number of nitrogen functional groups attached to an aromatic ring is 1. The molecular weight excluding hydrogens is 257 g/mol. The molecule has 0 aromatic heterocycles. The molecule has 0 radical (unpaired) electrons. The molecule has 2 rings (SSSR count). The molecule has 3 N–H and O–H groups in total. The van der Waals surface area contributed by atoms with Gasteiger partial charge in [-0.3, -0.25) is 0 Å². The molecule has 0 spiro atoms. The SMILES string of the molecule is COC1CCC(Nc2ccc(N)cc2C(F)(F)F)C1. The van der Waals surface area contributed by atoms with E-state index in [2.05, 4.69) is 5.32 Å². The monoisotopic (exact) mass is 274 g/mol. The lowest BCUT2D eigenvalue weighted by Crippen LogP contribution is -2.20. The standard InChI is InChI=1S/C13H17F3N2O/c1-19-10-4-3-9(7-10)18-12-5-2-8(17)6-11(12)13(14,15)16/h2,5-6,9-10,18H,3-4,7,17H2,1H3. The maximum absolute atomic E-state index is 12.9. The molecule has 0 bridgehead atoms. The Bertz CT molecular complexity index is 448. The van der Waals surface area contributed by atoms with Crippen molar-refractivity contribution in [2.75, 3.05) is 18.2 Å². The van der Waals surface area contributed by atoms with E-state index in [0.717, 1.165) is 25.3 Å². The zero-order valence-corrected chi connectivity index (χ0v) is 10.6. The van der Waals surface area contributed by atoms with Crippen molar-refractivity contribution in [3.8, 4) is 0 Å². The minimum absolute atomic E-state index is 0.00896. The van der Waals surface area contributed by atoms with Gasteiger partial charge in [0.2, 0.25) is 0 Å². The summed E-state index contributed by atoms with van der Waals surface area (Å²) in [6.45, 7) is 0. The van der Waals surface area contributed by atoms with E-state index in [-0.39, 0.29) is 23.5 Å². The Kier molecular flexibility index (Phi) is 3.89. The largest absolute Gasteiger partial charge is 0.418 e. The van der Waals surface area contributed by atoms with Gasteiger partial charge in [0, 0.05) is 24.5 Å². The Morgan fingerprint density at radius 2 is 2.05 bits per heavy atom. The molecule has 1 aliphatic carbocycles. The van der Waals surface area contributed by atoms with Gasteiger partial charge >= 0.3 is 6.18 Å². The summed E-state index contributed by atoms with van der Waals surface area (Å²) in [5.41, 5.74) is 4.91. The first kappa shape index (κ1) is 14.0. The molecule has 2 atom stereocenters. The number of hydrogen-bond acceptors (Lipinski definition) is 3. The fraction of sp³-hybridized carbons (Fsp3) is 0.538. The van der Waals surface area contributed by atoms with Gasteiger partial charge < -0.3 is 15.8 Å². The number of ether oxygens (including phenoxy) is 1. The average Bonchev–Trinajstić information content (AvgIpc) is 2.78. The fourth-order valence-corrected chi connectivity index (χ4v) is 2.43. The van der Waals surface area contributed by atoms with E-state index >= 15 is 0 Å². The minimum atomic E-state index is -4.41. The van der Waals surface area contributed by atoms with Gasteiger partial charge in [-0.15, -0.1) is 0 Å². The van der Waals surface area contributed by atoms with Gasteiger partial charge in [0.15, 0.2) is 0 Å². The average molecular weight is 274 g/mol. The number of rotatable bonds is 3. The summed E-state index contributed by atoms with van der Waals surface area (Å²) in [5.74, 6) is 0. The van der Waals surface area contributed by atoms with Crippen LogP contribution in [0.25, 0.3) is 0 Å². The highest BCUT2D eigenvalue weighted by atomic mass is 19.4. The first-order valence-electron chi connectivity index (χ1n) is 6.16. The molecule has 1 fully saturated rings. The Hall–Kier alpha value is -1.43. The van der Waals surface area contributed by atoms with Crippen LogP contribution >= 0.6 is 0 Å². The molecule has 0 saturated heterocycles. The van der Waals surface area contributed by atoms with Gasteiger partial charge in [-0.2, -0.15) is 13.2 Å². The van der Waals surface area contributed by atoms with Crippen molar-refractivity contribution < 1.29 is 17.9 Å². The Balaban J connectivity index is 2.16. The second-order valence-electron chi connectivity index (χ2n) is 4.81. The van der Waals surface area contributed by atoms with E-state index in [0.29, 0.717) is 0 Å². The van der Waals surface area contributed by atoms with Gasteiger partial charge in [-0.1, -0.05) is 0 Å². The molecule has 106 valence electrons. The van der Waals surface area contributed by atoms with E-state index < -0.39 is 11.7 Å². The van der Waals surface area contributed by atoms with E-state index in [1.807, 2.05) is 0 Å². The number of benzene rings is 1. The lowest BCUT2D eigenvalue weighted by molar-refractivity contribution is -0.136. The maximum Gasteiger partial charge on any atom is 0.418 e. The number of halogens is 3. The van der Waals surface area contributed by atoms with Gasteiger partial charge in [0.1, 0.15) is 0 Å². The van der Waals surface area contributed by atoms with Crippen LogP contribution in [0.15, 0.2) is 18.2 Å². The number of nitrogens with one attached hydrogen (secondary N) is 1. The third-order valence-electron chi connectivity index (χ3n) is 3.43. The quantitative estimate of drug-likeness (QED) is 0.832. The van der Waals surface area contributed by atoms with E-state index in [4.69, 9.17) is 10.5 Å². The van der Waals surface area contributed by atoms with E-state index in [1.54, 1.807) is 7.11 Å². The third kappa shape index (κ3) is 3.32. The highest BCUT2D eigenvalue weighted by molar-refractivity contribution is 5.59. The van der Waals surface area contributed by atoms with Crippen LogP contribution in [0.2, 0.25) is 0 Å². The van der Waals surface area contributed by atoms with Crippen molar-refractivity contribution in [1.82, 2.24) is 0 Å². The van der Waals surface area contributed by atoms with Crippen molar-refractivity contribution in [2.24, 2.45) is 0 Å². The van der Waals surface area contributed by atoms with Crippen LogP contribution in [0.3, 0.4) is 0 Å². The smallest absolute Gasteiger partial charge is 0.399 e. The van der Waals surface area contributed by atoms with E-state index in [9.17, 15) is 13.2 Å². The van der Waals surface area contributed by atoms with Crippen LogP contribution in [-0.2, 0) is 10.9 Å². The zero-order valence-electron chi connectivity index (χ0n) is 10.6. The highest BCUT2D eigenvalue weighted by Crippen LogP contribution is 2.37. The summed E-state index contributed by atoms with van der Waals surface area (Å²) >= 11 is 0. The molecule has 2 unspecified atom stereocenters. The molecular formula is C13H17F3N2O. The van der Waals surface area contributed by atoms with Crippen LogP contribution in [-0.4, -0.2) is 19.3 Å². The van der Waals surface area contributed by atoms with Crippen molar-refractivity contribution in [1.29, 1.82) is 0 Å². The second kappa shape index (κ2) is 5.28. The van der Waals surface area contributed by atoms with Crippen molar-refractivity contribution in [3.05, 3.63) is 23.8 Å². The second-order valence-corrected chi connectivity index (χ2v) is 4.81. The molecule has 1 saturated carbocycles. The van der Waals surface area contributed by atoms with Gasteiger partial charge in [0.05, 0.1) is 11.7 Å². The third-order valence-corrected chi connectivity index (χ3v) is 3.43. The summed E-state index contributed by atoms with van der Waals surface area (Å²) in [6, 6.07) is 3.83. The van der Waals surface area contributed by atoms with Crippen LogP contribution in [0.5, 0.6) is 0 Å². The summed E-state index contributed by atoms with van der Waals surface area (Å²) in [6.07, 6.45) is -1.89. The number of methoxy groups -OCH3 is 1. The van der Waals surface area contributed by atoms with E-state index in [1.165, 1.54) is 12.1 Å². The molecule has 1 aliphatic rings. The number of hydrogen-bond donors (Lipinski definition) is 2. The predicted molar refractivity (Wildman–Crippen MR) is 67.9 cm³/mol. The summed E-state index contributed by atoms with van der Waals surface area (Å²) in [7, 11) is 1.62. The predicted octanol–water partition coefficient (Wildman–Crippen LogP) is 3.27. The van der Waals surface area contributed by atoms with Crippen LogP contribution in [0.1, 0.15) is 24.8 Å². The van der Waals surface area contributed by atoms with Crippen molar-refractivity contribution in [2.45, 2.75) is 37.6 Å². The normalized spacial score (nSPS) is 23.6. The Labute approximate surface area is 109 Å². The van der Waals surface area contributed by atoms with Gasteiger partial charge in [-0.05, 0) is 37.5 Å². The molecule has 19 heavy (non-hydrogen) atoms. The molecule has 3 nitrogen and oxygen atoms in total. The lowest BCUT2D eigenvalue weighted by atomic mass is 10.1. The maximum atomic E-state index is 12.9. The first-order chi connectivity index (χ1) is 8.90. The van der Waals surface area contributed by atoms with Crippen LogP contribution in [0.4, 0.5) is 24.5 Å². The summed E-state index contributed by atoms with van der Waals surface area (Å²) < 4.78 is 44.0. The van der Waals surface area contributed by atoms with Gasteiger partial charge in [0.25, 0.3) is 0 Å². The molecule has 1 aromatic rings.